The number of nitrogens with zero attached hydrogens (tertiary/aromatic N) is 1. The number of nitro benzene ring substituents is 1. The number of hydrogen-bond acceptors (Lipinski definition) is 4. The highest BCUT2D eigenvalue weighted by Gasteiger charge is 2.15. The molecule has 21 heavy (non-hydrogen) atoms. The Balaban J connectivity index is 2.55. The lowest BCUT2D eigenvalue weighted by Crippen LogP contribution is -2.36. The largest absolute Gasteiger partial charge is 0.319 e. The van der Waals surface area contributed by atoms with E-state index in [1.807, 2.05) is 0 Å². The number of benzene rings is 1. The van der Waals surface area contributed by atoms with Crippen LogP contribution in [0.2, 0.25) is 0 Å². The molecule has 6 nitrogen and oxygen atoms in total. The van der Waals surface area contributed by atoms with Gasteiger partial charge in [0, 0.05) is 12.1 Å². The van der Waals surface area contributed by atoms with E-state index < -0.39 is 4.92 Å². The van der Waals surface area contributed by atoms with Crippen molar-refractivity contribution < 1.29 is 9.72 Å². The van der Waals surface area contributed by atoms with E-state index in [0.29, 0.717) is 6.04 Å². The molecule has 1 amide bonds. The molecule has 0 radical (unpaired) electrons. The maximum absolute atomic E-state index is 11.9. The van der Waals surface area contributed by atoms with Gasteiger partial charge in [0.2, 0.25) is 5.91 Å². The van der Waals surface area contributed by atoms with E-state index in [0.717, 1.165) is 25.7 Å². The smallest absolute Gasteiger partial charge is 0.292 e. The minimum absolute atomic E-state index is 0.0930. The van der Waals surface area contributed by atoms with Gasteiger partial charge < -0.3 is 10.6 Å². The molecule has 0 bridgehead atoms. The Morgan fingerprint density at radius 3 is 2.43 bits per heavy atom. The molecule has 1 rings (SSSR count). The Bertz CT molecular complexity index is 471. The third-order valence-electron chi connectivity index (χ3n) is 3.20. The van der Waals surface area contributed by atoms with E-state index >= 15 is 0 Å². The summed E-state index contributed by atoms with van der Waals surface area (Å²) in [6, 6.07) is 6.46. The first-order valence-electron chi connectivity index (χ1n) is 7.35. The van der Waals surface area contributed by atoms with Gasteiger partial charge in [0.05, 0.1) is 11.5 Å². The molecule has 6 heteroatoms. The molecule has 2 N–H and O–H groups in total. The predicted octanol–water partition coefficient (Wildman–Crippen LogP) is 3.09. The van der Waals surface area contributed by atoms with E-state index in [-0.39, 0.29) is 23.8 Å². The van der Waals surface area contributed by atoms with Crippen molar-refractivity contribution in [3.05, 3.63) is 34.4 Å². The van der Waals surface area contributed by atoms with Gasteiger partial charge in [-0.25, -0.2) is 0 Å². The summed E-state index contributed by atoms with van der Waals surface area (Å²) in [5.74, 6) is -0.262. The molecule has 0 aliphatic heterocycles. The second-order valence-corrected chi connectivity index (χ2v) is 4.98. The fraction of sp³-hybridized carbons (Fsp3) is 0.533. The second kappa shape index (κ2) is 9.07. The zero-order valence-electron chi connectivity index (χ0n) is 12.6. The summed E-state index contributed by atoms with van der Waals surface area (Å²) in [5, 5.41) is 16.7. The number of amides is 1. The molecule has 0 spiro atoms. The fourth-order valence-corrected chi connectivity index (χ4v) is 2.22. The lowest BCUT2D eigenvalue weighted by Gasteiger charge is -2.17. The Hall–Kier alpha value is -1.95. The summed E-state index contributed by atoms with van der Waals surface area (Å²) in [6.07, 6.45) is 4.16. The van der Waals surface area contributed by atoms with Crippen molar-refractivity contribution in [2.75, 3.05) is 11.9 Å². The summed E-state index contributed by atoms with van der Waals surface area (Å²) in [6.45, 7) is 4.38. The Labute approximate surface area is 125 Å². The van der Waals surface area contributed by atoms with Crippen LogP contribution in [0.25, 0.3) is 0 Å². The van der Waals surface area contributed by atoms with Crippen LogP contribution in [0.15, 0.2) is 24.3 Å². The number of nitrogens with one attached hydrogen (secondary N) is 2. The monoisotopic (exact) mass is 293 g/mol. The van der Waals surface area contributed by atoms with Gasteiger partial charge in [-0.05, 0) is 18.9 Å². The number of anilines is 1. The second-order valence-electron chi connectivity index (χ2n) is 4.98. The lowest BCUT2D eigenvalue weighted by molar-refractivity contribution is -0.383. The molecule has 0 saturated heterocycles. The van der Waals surface area contributed by atoms with Crippen LogP contribution in [0.3, 0.4) is 0 Å². The molecule has 0 aromatic heterocycles. The molecule has 0 saturated carbocycles. The van der Waals surface area contributed by atoms with Crippen molar-refractivity contribution in [1.29, 1.82) is 0 Å². The lowest BCUT2D eigenvalue weighted by atomic mass is 10.1. The fourth-order valence-electron chi connectivity index (χ4n) is 2.22. The van der Waals surface area contributed by atoms with E-state index in [4.69, 9.17) is 0 Å². The van der Waals surface area contributed by atoms with Gasteiger partial charge in [-0.2, -0.15) is 0 Å². The first-order valence-corrected chi connectivity index (χ1v) is 7.35. The molecular formula is C15H23N3O3. The Morgan fingerprint density at radius 1 is 1.24 bits per heavy atom. The maximum Gasteiger partial charge on any atom is 0.292 e. The van der Waals surface area contributed by atoms with Gasteiger partial charge in [0.25, 0.3) is 5.69 Å². The number of nitro groups is 1. The normalized spacial score (nSPS) is 10.6. The zero-order chi connectivity index (χ0) is 15.7. The van der Waals surface area contributed by atoms with E-state index in [2.05, 4.69) is 24.5 Å². The van der Waals surface area contributed by atoms with Gasteiger partial charge in [0.15, 0.2) is 0 Å². The van der Waals surface area contributed by atoms with Crippen molar-refractivity contribution in [1.82, 2.24) is 5.32 Å². The van der Waals surface area contributed by atoms with Crippen LogP contribution in [0, 0.1) is 10.1 Å². The first kappa shape index (κ1) is 17.1. The number of rotatable bonds is 9. The standard InChI is InChI=1S/C15H23N3O3/c1-3-7-12(8-4-2)16-11-15(19)17-13-9-5-6-10-14(13)18(20)21/h5-6,9-10,12,16H,3-4,7-8,11H2,1-2H3,(H,17,19). The van der Waals surface area contributed by atoms with Crippen LogP contribution in [-0.2, 0) is 4.79 Å². The van der Waals surface area contributed by atoms with Crippen LogP contribution < -0.4 is 10.6 Å². The minimum atomic E-state index is -0.500. The van der Waals surface area contributed by atoms with Crippen molar-refractivity contribution >= 4 is 17.3 Å². The predicted molar refractivity (Wildman–Crippen MR) is 83.3 cm³/mol. The molecule has 1 aromatic rings. The van der Waals surface area contributed by atoms with Gasteiger partial charge >= 0.3 is 0 Å². The van der Waals surface area contributed by atoms with Crippen molar-refractivity contribution in [2.24, 2.45) is 0 Å². The highest BCUT2D eigenvalue weighted by molar-refractivity contribution is 5.94. The highest BCUT2D eigenvalue weighted by Crippen LogP contribution is 2.22. The summed E-state index contributed by atoms with van der Waals surface area (Å²) in [7, 11) is 0. The molecule has 0 fully saturated rings. The number of carbonyl (C=O) groups is 1. The van der Waals surface area contributed by atoms with Gasteiger partial charge in [-0.15, -0.1) is 0 Å². The maximum atomic E-state index is 11.9. The molecule has 0 aliphatic rings. The Kier molecular flexibility index (Phi) is 7.39. The highest BCUT2D eigenvalue weighted by atomic mass is 16.6. The molecule has 116 valence electrons. The molecular weight excluding hydrogens is 270 g/mol. The third kappa shape index (κ3) is 5.91. The van der Waals surface area contributed by atoms with E-state index in [1.165, 1.54) is 12.1 Å². The van der Waals surface area contributed by atoms with Crippen molar-refractivity contribution in [3.63, 3.8) is 0 Å². The van der Waals surface area contributed by atoms with Crippen LogP contribution in [0.4, 0.5) is 11.4 Å². The first-order chi connectivity index (χ1) is 10.1. The van der Waals surface area contributed by atoms with Gasteiger partial charge in [-0.3, -0.25) is 14.9 Å². The summed E-state index contributed by atoms with van der Waals surface area (Å²) in [5.41, 5.74) is 0.140. The Morgan fingerprint density at radius 2 is 1.86 bits per heavy atom. The molecule has 0 unspecified atom stereocenters. The summed E-state index contributed by atoms with van der Waals surface area (Å²) in [4.78, 5) is 22.3. The van der Waals surface area contributed by atoms with Crippen LogP contribution in [0.1, 0.15) is 39.5 Å². The number of para-hydroxylation sites is 2. The van der Waals surface area contributed by atoms with Gasteiger partial charge in [0.1, 0.15) is 5.69 Å². The van der Waals surface area contributed by atoms with Crippen LogP contribution >= 0.6 is 0 Å². The van der Waals surface area contributed by atoms with Crippen molar-refractivity contribution in [2.45, 2.75) is 45.6 Å². The SMILES string of the molecule is CCCC(CCC)NCC(=O)Nc1ccccc1[N+](=O)[O-]. The average molecular weight is 293 g/mol. The minimum Gasteiger partial charge on any atom is -0.319 e. The van der Waals surface area contributed by atoms with E-state index in [9.17, 15) is 14.9 Å². The van der Waals surface area contributed by atoms with Crippen molar-refractivity contribution in [3.8, 4) is 0 Å². The van der Waals surface area contributed by atoms with E-state index in [1.54, 1.807) is 12.1 Å². The molecule has 0 heterocycles. The third-order valence-corrected chi connectivity index (χ3v) is 3.20. The molecule has 0 aliphatic carbocycles. The molecule has 1 aromatic carbocycles. The molecule has 0 atom stereocenters. The van der Waals surface area contributed by atoms with Crippen LogP contribution in [-0.4, -0.2) is 23.4 Å². The topological polar surface area (TPSA) is 84.3 Å². The van der Waals surface area contributed by atoms with Crippen LogP contribution in [0.5, 0.6) is 0 Å². The summed E-state index contributed by atoms with van der Waals surface area (Å²) >= 11 is 0. The number of carbonyl (C=O) groups excluding carboxylic acids is 1. The quantitative estimate of drug-likeness (QED) is 0.541. The average Bonchev–Trinajstić information content (AvgIpc) is 2.45. The summed E-state index contributed by atoms with van der Waals surface area (Å²) < 4.78 is 0. The van der Waals surface area contributed by atoms with Gasteiger partial charge in [-0.1, -0.05) is 38.8 Å². The number of hydrogen-bond donors (Lipinski definition) is 2. The zero-order valence-corrected chi connectivity index (χ0v) is 12.6.